The fourth-order valence-corrected chi connectivity index (χ4v) is 3.86. The van der Waals surface area contributed by atoms with Gasteiger partial charge in [0, 0.05) is 18.3 Å². The molecule has 6 heteroatoms. The highest BCUT2D eigenvalue weighted by molar-refractivity contribution is 5.84. The Bertz CT molecular complexity index is 639. The molecule has 1 aliphatic heterocycles. The minimum absolute atomic E-state index is 0.0155. The van der Waals surface area contributed by atoms with E-state index in [0.29, 0.717) is 6.42 Å². The molecular weight excluding hydrogens is 284 g/mol. The van der Waals surface area contributed by atoms with Crippen LogP contribution in [-0.2, 0) is 16.1 Å². The smallest absolute Gasteiger partial charge is 0.326 e. The second-order valence-electron chi connectivity index (χ2n) is 6.17. The first-order chi connectivity index (χ1) is 10.6. The summed E-state index contributed by atoms with van der Waals surface area (Å²) in [6, 6.07) is 3.98. The molecule has 1 amide bonds. The maximum Gasteiger partial charge on any atom is 0.326 e. The molecule has 0 aromatic carbocycles. The van der Waals surface area contributed by atoms with Crippen molar-refractivity contribution in [2.45, 2.75) is 50.7 Å². The quantitative estimate of drug-likeness (QED) is 0.906. The van der Waals surface area contributed by atoms with Crippen molar-refractivity contribution in [2.24, 2.45) is 5.92 Å². The fraction of sp³-hybridized carbons (Fsp3) is 0.562. The fourth-order valence-electron chi connectivity index (χ4n) is 3.86. The molecule has 6 nitrogen and oxygen atoms in total. The van der Waals surface area contributed by atoms with Gasteiger partial charge in [-0.3, -0.25) is 9.59 Å². The van der Waals surface area contributed by atoms with Gasteiger partial charge in [-0.25, -0.2) is 4.79 Å². The molecule has 1 aromatic heterocycles. The average Bonchev–Trinajstić information content (AvgIpc) is 2.89. The normalized spacial score (nSPS) is 27.5. The molecule has 118 valence electrons. The van der Waals surface area contributed by atoms with Crippen molar-refractivity contribution in [3.63, 3.8) is 0 Å². The lowest BCUT2D eigenvalue weighted by molar-refractivity contribution is -0.150. The molecule has 2 heterocycles. The Labute approximate surface area is 128 Å². The number of likely N-dealkylation sites (tertiary alicyclic amines) is 1. The summed E-state index contributed by atoms with van der Waals surface area (Å²) in [5, 5.41) is 9.44. The van der Waals surface area contributed by atoms with Crippen molar-refractivity contribution < 1.29 is 14.7 Å². The van der Waals surface area contributed by atoms with Crippen molar-refractivity contribution in [3.8, 4) is 0 Å². The molecule has 0 bridgehead atoms. The third-order valence-corrected chi connectivity index (χ3v) is 4.87. The summed E-state index contributed by atoms with van der Waals surface area (Å²) in [4.78, 5) is 37.4. The largest absolute Gasteiger partial charge is 0.480 e. The number of hydrogen-bond donors (Lipinski definition) is 1. The number of carboxylic acids is 1. The van der Waals surface area contributed by atoms with Gasteiger partial charge in [0.15, 0.2) is 0 Å². The number of carboxylic acid groups (broad SMARTS) is 1. The molecule has 1 saturated heterocycles. The summed E-state index contributed by atoms with van der Waals surface area (Å²) >= 11 is 0. The van der Waals surface area contributed by atoms with Crippen molar-refractivity contribution in [3.05, 3.63) is 34.7 Å². The predicted octanol–water partition coefficient (Wildman–Crippen LogP) is 1.09. The molecular formula is C16H20N2O4. The van der Waals surface area contributed by atoms with Gasteiger partial charge in [-0.05, 0) is 31.2 Å². The molecule has 3 rings (SSSR count). The SMILES string of the molecule is O=C(O)[C@@H]1C[C@H]2CCCC[C@H]2N1C(=O)Cn1ccccc1=O. The summed E-state index contributed by atoms with van der Waals surface area (Å²) in [5.41, 5.74) is -0.248. The molecule has 0 radical (unpaired) electrons. The van der Waals surface area contributed by atoms with Crippen LogP contribution in [0.3, 0.4) is 0 Å². The number of amides is 1. The topological polar surface area (TPSA) is 79.6 Å². The van der Waals surface area contributed by atoms with Crippen molar-refractivity contribution in [1.82, 2.24) is 9.47 Å². The minimum atomic E-state index is -0.942. The second-order valence-corrected chi connectivity index (χ2v) is 6.17. The Morgan fingerprint density at radius 1 is 1.23 bits per heavy atom. The lowest BCUT2D eigenvalue weighted by Crippen LogP contribution is -2.48. The standard InChI is InChI=1S/C16H20N2O4/c19-14-7-3-4-8-17(14)10-15(20)18-12-6-2-1-5-11(12)9-13(18)16(21)22/h3-4,7-8,11-13H,1-2,5-6,9-10H2,(H,21,22)/t11-,12-,13+/m1/s1. The summed E-state index contributed by atoms with van der Waals surface area (Å²) < 4.78 is 1.33. The van der Waals surface area contributed by atoms with E-state index in [2.05, 4.69) is 0 Å². The van der Waals surface area contributed by atoms with Crippen LogP contribution >= 0.6 is 0 Å². The number of aliphatic carboxylic acids is 1. The third-order valence-electron chi connectivity index (χ3n) is 4.87. The molecule has 2 aliphatic rings. The van der Waals surface area contributed by atoms with Crippen molar-refractivity contribution in [1.29, 1.82) is 0 Å². The first kappa shape index (κ1) is 14.8. The summed E-state index contributed by atoms with van der Waals surface area (Å²) in [6.45, 7) is -0.0906. The lowest BCUT2D eigenvalue weighted by atomic mass is 9.85. The molecule has 3 atom stereocenters. The van der Waals surface area contributed by atoms with Crippen LogP contribution in [0, 0.1) is 5.92 Å². The number of hydrogen-bond acceptors (Lipinski definition) is 3. The van der Waals surface area contributed by atoms with E-state index >= 15 is 0 Å². The zero-order valence-corrected chi connectivity index (χ0v) is 12.4. The Hall–Kier alpha value is -2.11. The van der Waals surface area contributed by atoms with E-state index in [9.17, 15) is 19.5 Å². The Morgan fingerprint density at radius 2 is 2.00 bits per heavy atom. The number of nitrogens with zero attached hydrogens (tertiary/aromatic N) is 2. The van der Waals surface area contributed by atoms with Gasteiger partial charge in [-0.2, -0.15) is 0 Å². The maximum atomic E-state index is 12.6. The Balaban J connectivity index is 1.83. The van der Waals surface area contributed by atoms with Crippen LogP contribution in [0.2, 0.25) is 0 Å². The Kier molecular flexibility index (Phi) is 4.00. The summed E-state index contributed by atoms with van der Waals surface area (Å²) in [5.74, 6) is -0.926. The highest BCUT2D eigenvalue weighted by Crippen LogP contribution is 2.39. The van der Waals surface area contributed by atoms with Crippen molar-refractivity contribution >= 4 is 11.9 Å². The zero-order chi connectivity index (χ0) is 15.7. The van der Waals surface area contributed by atoms with Gasteiger partial charge in [-0.1, -0.05) is 18.9 Å². The van der Waals surface area contributed by atoms with E-state index < -0.39 is 12.0 Å². The highest BCUT2D eigenvalue weighted by Gasteiger charge is 2.47. The van der Waals surface area contributed by atoms with Crippen LogP contribution in [0.4, 0.5) is 0 Å². The van der Waals surface area contributed by atoms with Gasteiger partial charge in [0.2, 0.25) is 5.91 Å². The minimum Gasteiger partial charge on any atom is -0.480 e. The van der Waals surface area contributed by atoms with Gasteiger partial charge in [0.1, 0.15) is 12.6 Å². The molecule has 1 saturated carbocycles. The predicted molar refractivity (Wildman–Crippen MR) is 79.3 cm³/mol. The maximum absolute atomic E-state index is 12.6. The van der Waals surface area contributed by atoms with E-state index in [1.807, 2.05) is 0 Å². The van der Waals surface area contributed by atoms with E-state index in [4.69, 9.17) is 0 Å². The zero-order valence-electron chi connectivity index (χ0n) is 12.4. The third kappa shape index (κ3) is 2.65. The van der Waals surface area contributed by atoms with Crippen LogP contribution in [0.5, 0.6) is 0 Å². The first-order valence-corrected chi connectivity index (χ1v) is 7.77. The van der Waals surface area contributed by atoms with E-state index in [1.54, 1.807) is 18.3 Å². The van der Waals surface area contributed by atoms with Crippen LogP contribution in [0.15, 0.2) is 29.2 Å². The summed E-state index contributed by atoms with van der Waals surface area (Å²) in [7, 11) is 0. The van der Waals surface area contributed by atoms with E-state index in [-0.39, 0.29) is 30.0 Å². The molecule has 22 heavy (non-hydrogen) atoms. The average molecular weight is 304 g/mol. The highest BCUT2D eigenvalue weighted by atomic mass is 16.4. The van der Waals surface area contributed by atoms with Gasteiger partial charge in [0.25, 0.3) is 5.56 Å². The molecule has 2 fully saturated rings. The van der Waals surface area contributed by atoms with E-state index in [0.717, 1.165) is 25.7 Å². The molecule has 1 N–H and O–H groups in total. The number of rotatable bonds is 3. The van der Waals surface area contributed by atoms with Crippen LogP contribution in [0.25, 0.3) is 0 Å². The first-order valence-electron chi connectivity index (χ1n) is 7.77. The molecule has 0 spiro atoms. The number of carbonyl (C=O) groups excluding carboxylic acids is 1. The lowest BCUT2D eigenvalue weighted by Gasteiger charge is -2.33. The second kappa shape index (κ2) is 5.94. The molecule has 0 unspecified atom stereocenters. The number of aromatic nitrogens is 1. The molecule has 1 aliphatic carbocycles. The van der Waals surface area contributed by atoms with Crippen LogP contribution < -0.4 is 5.56 Å². The van der Waals surface area contributed by atoms with Crippen LogP contribution in [-0.4, -0.2) is 38.5 Å². The van der Waals surface area contributed by atoms with Gasteiger partial charge in [0.05, 0.1) is 0 Å². The van der Waals surface area contributed by atoms with Crippen LogP contribution in [0.1, 0.15) is 32.1 Å². The van der Waals surface area contributed by atoms with Gasteiger partial charge >= 0.3 is 5.97 Å². The summed E-state index contributed by atoms with van der Waals surface area (Å²) in [6.07, 6.45) is 6.09. The number of carbonyl (C=O) groups is 2. The monoisotopic (exact) mass is 304 g/mol. The van der Waals surface area contributed by atoms with Gasteiger partial charge < -0.3 is 14.6 Å². The molecule has 1 aromatic rings. The number of pyridine rings is 1. The Morgan fingerprint density at radius 3 is 2.73 bits per heavy atom. The van der Waals surface area contributed by atoms with Gasteiger partial charge in [-0.15, -0.1) is 0 Å². The van der Waals surface area contributed by atoms with E-state index in [1.165, 1.54) is 15.5 Å². The van der Waals surface area contributed by atoms with Crippen molar-refractivity contribution in [2.75, 3.05) is 0 Å². The number of fused-ring (bicyclic) bond motifs is 1.